The smallest absolute Gasteiger partial charge is 0.259 e. The molecule has 0 bridgehead atoms. The molecule has 3 heterocycles. The van der Waals surface area contributed by atoms with Crippen molar-refractivity contribution in [2.24, 2.45) is 0 Å². The van der Waals surface area contributed by atoms with E-state index in [-0.39, 0.29) is 18.2 Å². The first-order chi connectivity index (χ1) is 25.6. The molecule has 52 heavy (non-hydrogen) atoms. The molecule has 0 fully saturated rings. The number of ketones is 1. The molecule has 0 saturated heterocycles. The van der Waals surface area contributed by atoms with Gasteiger partial charge in [0, 0.05) is 32.8 Å². The molecular formula is C46H28N4O2. The second-order valence-electron chi connectivity index (χ2n) is 13.1. The zero-order valence-corrected chi connectivity index (χ0v) is 27.8. The molecule has 6 nitrogen and oxygen atoms in total. The number of nitrogens with zero attached hydrogens (tertiary/aromatic N) is 4. The summed E-state index contributed by atoms with van der Waals surface area (Å²) in [5.74, 6) is -0.414. The molecule has 1 aliphatic heterocycles. The third-order valence-electron chi connectivity index (χ3n) is 10.4. The third-order valence-corrected chi connectivity index (χ3v) is 10.4. The molecule has 0 aliphatic carbocycles. The van der Waals surface area contributed by atoms with Gasteiger partial charge in [-0.15, -0.1) is 0 Å². The summed E-state index contributed by atoms with van der Waals surface area (Å²) in [6.07, 6.45) is 0. The fourth-order valence-corrected chi connectivity index (χ4v) is 8.08. The third kappa shape index (κ3) is 4.23. The minimum absolute atomic E-state index is 0.122. The van der Waals surface area contributed by atoms with Gasteiger partial charge in [0.2, 0.25) is 0 Å². The molecule has 0 atom stereocenters. The average Bonchev–Trinajstić information content (AvgIpc) is 3.72. The second kappa shape index (κ2) is 11.4. The van der Waals surface area contributed by atoms with Crippen LogP contribution in [0.3, 0.4) is 0 Å². The van der Waals surface area contributed by atoms with Gasteiger partial charge in [0.15, 0.2) is 5.78 Å². The van der Waals surface area contributed by atoms with E-state index in [4.69, 9.17) is 0 Å². The Morgan fingerprint density at radius 1 is 0.519 bits per heavy atom. The number of benzene rings is 7. The lowest BCUT2D eigenvalue weighted by molar-refractivity contribution is 0.0910. The fraction of sp³-hybridized carbons (Fsp3) is 0.0217. The van der Waals surface area contributed by atoms with Crippen molar-refractivity contribution in [1.29, 1.82) is 5.26 Å². The van der Waals surface area contributed by atoms with E-state index in [1.54, 1.807) is 36.4 Å². The van der Waals surface area contributed by atoms with Gasteiger partial charge in [-0.25, -0.2) is 0 Å². The lowest BCUT2D eigenvalue weighted by Gasteiger charge is -2.30. The van der Waals surface area contributed by atoms with Gasteiger partial charge in [0.05, 0.1) is 51.1 Å². The highest BCUT2D eigenvalue weighted by molar-refractivity contribution is 6.27. The van der Waals surface area contributed by atoms with Crippen LogP contribution in [0.2, 0.25) is 0 Å². The maximum Gasteiger partial charge on any atom is 0.259 e. The Balaban J connectivity index is 1.29. The number of hydrogen-bond acceptors (Lipinski definition) is 3. The maximum atomic E-state index is 14.2. The molecule has 244 valence electrons. The number of fused-ring (bicyclic) bond motifs is 8. The molecule has 1 amide bonds. The van der Waals surface area contributed by atoms with Crippen LogP contribution in [0.1, 0.15) is 26.3 Å². The molecule has 7 aromatic carbocycles. The highest BCUT2D eigenvalue weighted by atomic mass is 16.2. The van der Waals surface area contributed by atoms with Gasteiger partial charge in [-0.1, -0.05) is 109 Å². The Hall–Kier alpha value is -7.23. The van der Waals surface area contributed by atoms with Crippen LogP contribution in [0.5, 0.6) is 0 Å². The van der Waals surface area contributed by atoms with Gasteiger partial charge in [-0.05, 0) is 59.7 Å². The Bertz CT molecular complexity index is 2980. The van der Waals surface area contributed by atoms with Crippen LogP contribution in [-0.4, -0.2) is 27.4 Å². The van der Waals surface area contributed by atoms with Crippen molar-refractivity contribution in [3.63, 3.8) is 0 Å². The number of rotatable bonds is 4. The lowest BCUT2D eigenvalue weighted by atomic mass is 9.97. The molecule has 0 N–H and O–H groups in total. The number of carbonyl (C=O) groups is 2. The summed E-state index contributed by atoms with van der Waals surface area (Å²) in [4.78, 5) is 29.2. The first kappa shape index (κ1) is 29.7. The van der Waals surface area contributed by atoms with Crippen LogP contribution in [0.15, 0.2) is 158 Å². The van der Waals surface area contributed by atoms with E-state index < -0.39 is 0 Å². The number of carbonyl (C=O) groups excluding carboxylic acids is 2. The van der Waals surface area contributed by atoms with Gasteiger partial charge in [-0.3, -0.25) is 14.5 Å². The highest BCUT2D eigenvalue weighted by Crippen LogP contribution is 2.44. The van der Waals surface area contributed by atoms with Crippen molar-refractivity contribution in [3.05, 3.63) is 174 Å². The van der Waals surface area contributed by atoms with Crippen molar-refractivity contribution >= 4 is 61.0 Å². The second-order valence-corrected chi connectivity index (χ2v) is 13.1. The van der Waals surface area contributed by atoms with E-state index in [0.29, 0.717) is 28.1 Å². The summed E-state index contributed by atoms with van der Waals surface area (Å²) in [5, 5.41) is 14.8. The van der Waals surface area contributed by atoms with Crippen LogP contribution >= 0.6 is 0 Å². The Morgan fingerprint density at radius 3 is 1.94 bits per heavy atom. The predicted molar refractivity (Wildman–Crippen MR) is 208 cm³/mol. The van der Waals surface area contributed by atoms with Gasteiger partial charge in [0.1, 0.15) is 6.07 Å². The monoisotopic (exact) mass is 668 g/mol. The summed E-state index contributed by atoms with van der Waals surface area (Å²) in [7, 11) is 0. The largest absolute Gasteiger partial charge is 0.309 e. The summed E-state index contributed by atoms with van der Waals surface area (Å²) in [6.45, 7) is -0.122. The molecular weight excluding hydrogens is 641 g/mol. The summed E-state index contributed by atoms with van der Waals surface area (Å²) >= 11 is 0. The van der Waals surface area contributed by atoms with Gasteiger partial charge >= 0.3 is 0 Å². The topological polar surface area (TPSA) is 71.0 Å². The SMILES string of the molecule is N#Cc1cccc(N2CC(=O)c3ccccc3C2=O)c1-n1c2ccccc2c2ccc3c(c4ccccc4n3-c3ccc(-c4ccccc4)cc3)c21. The molecule has 9 aromatic rings. The number of nitriles is 1. The van der Waals surface area contributed by atoms with E-state index in [0.717, 1.165) is 60.4 Å². The first-order valence-electron chi connectivity index (χ1n) is 17.2. The molecule has 2 aromatic heterocycles. The van der Waals surface area contributed by atoms with E-state index in [1.165, 1.54) is 4.90 Å². The normalized spacial score (nSPS) is 12.9. The van der Waals surface area contributed by atoms with Gasteiger partial charge in [0.25, 0.3) is 5.91 Å². The quantitative estimate of drug-likeness (QED) is 0.187. The summed E-state index contributed by atoms with van der Waals surface area (Å²) in [5.41, 5.74) is 9.47. The van der Waals surface area contributed by atoms with Crippen molar-refractivity contribution in [2.45, 2.75) is 0 Å². The van der Waals surface area contributed by atoms with Crippen molar-refractivity contribution in [1.82, 2.24) is 9.13 Å². The molecule has 1 aliphatic rings. The predicted octanol–water partition coefficient (Wildman–Crippen LogP) is 10.3. The number of hydrogen-bond donors (Lipinski definition) is 0. The number of amides is 1. The van der Waals surface area contributed by atoms with Crippen molar-refractivity contribution in [2.75, 3.05) is 11.4 Å². The standard InChI is InChI=1S/C46H28N4O2/c47-27-31-13-10-20-41(48-28-42(51)34-15-4-5-16-36(34)46(48)52)44(31)50-38-18-8-6-14-33(38)35-25-26-40-43(45(35)50)37-17-7-9-19-39(37)49(40)32-23-21-30(22-24-32)29-11-2-1-3-12-29/h1-26H,28H2. The maximum absolute atomic E-state index is 14.2. The van der Waals surface area contributed by atoms with E-state index in [1.807, 2.05) is 36.4 Å². The molecule has 0 unspecified atom stereocenters. The minimum atomic E-state index is -0.270. The Morgan fingerprint density at radius 2 is 1.17 bits per heavy atom. The molecule has 0 radical (unpaired) electrons. The number of para-hydroxylation sites is 3. The number of Topliss-reactive ketones (excluding diaryl/α,β-unsaturated/α-hetero) is 1. The van der Waals surface area contributed by atoms with Gasteiger partial charge < -0.3 is 9.13 Å². The van der Waals surface area contributed by atoms with E-state index in [2.05, 4.69) is 100 Å². The Kier molecular flexibility index (Phi) is 6.51. The zero-order chi connectivity index (χ0) is 34.9. The fourth-order valence-electron chi connectivity index (χ4n) is 8.08. The van der Waals surface area contributed by atoms with Crippen LogP contribution in [-0.2, 0) is 0 Å². The molecule has 10 rings (SSSR count). The van der Waals surface area contributed by atoms with Crippen LogP contribution in [0.25, 0.3) is 66.1 Å². The van der Waals surface area contributed by atoms with Crippen LogP contribution < -0.4 is 4.90 Å². The summed E-state index contributed by atoms with van der Waals surface area (Å²) in [6, 6.07) is 54.7. The number of anilines is 1. The highest BCUT2D eigenvalue weighted by Gasteiger charge is 2.33. The van der Waals surface area contributed by atoms with Gasteiger partial charge in [-0.2, -0.15) is 5.26 Å². The van der Waals surface area contributed by atoms with E-state index >= 15 is 0 Å². The van der Waals surface area contributed by atoms with Crippen molar-refractivity contribution < 1.29 is 9.59 Å². The zero-order valence-electron chi connectivity index (χ0n) is 27.8. The van der Waals surface area contributed by atoms with Crippen LogP contribution in [0, 0.1) is 11.3 Å². The first-order valence-corrected chi connectivity index (χ1v) is 17.2. The summed E-state index contributed by atoms with van der Waals surface area (Å²) < 4.78 is 4.43. The lowest BCUT2D eigenvalue weighted by Crippen LogP contribution is -2.41. The molecule has 0 saturated carbocycles. The van der Waals surface area contributed by atoms with Crippen molar-refractivity contribution in [3.8, 4) is 28.6 Å². The minimum Gasteiger partial charge on any atom is -0.309 e. The van der Waals surface area contributed by atoms with Crippen LogP contribution in [0.4, 0.5) is 5.69 Å². The molecule has 0 spiro atoms. The number of aromatic nitrogens is 2. The molecule has 6 heteroatoms. The Labute approximate surface area is 298 Å². The van der Waals surface area contributed by atoms with E-state index in [9.17, 15) is 14.9 Å². The average molecular weight is 669 g/mol.